The Labute approximate surface area is 104 Å². The van der Waals surface area contributed by atoms with Crippen molar-refractivity contribution in [3.8, 4) is 0 Å². The van der Waals surface area contributed by atoms with Crippen molar-refractivity contribution in [3.05, 3.63) is 36.9 Å². The second-order valence-corrected chi connectivity index (χ2v) is 6.83. The van der Waals surface area contributed by atoms with Gasteiger partial charge in [-0.15, -0.1) is 22.7 Å². The molecule has 2 aromatic heterocycles. The molecule has 2 nitrogen and oxygen atoms in total. The smallest absolute Gasteiger partial charge is 0.179 e. The molecule has 0 fully saturated rings. The molecule has 2 rings (SSSR count). The highest BCUT2D eigenvalue weighted by Crippen LogP contribution is 2.24. The number of hydrogen-bond donors (Lipinski definition) is 0. The zero-order valence-corrected chi connectivity index (χ0v) is 11.2. The molecule has 2 aromatic rings. The van der Waals surface area contributed by atoms with Gasteiger partial charge in [0.25, 0.3) is 0 Å². The molecule has 0 radical (unpaired) electrons. The van der Waals surface area contributed by atoms with Crippen molar-refractivity contribution >= 4 is 44.4 Å². The van der Waals surface area contributed by atoms with E-state index in [9.17, 15) is 4.79 Å². The molecule has 0 aliphatic carbocycles. The van der Waals surface area contributed by atoms with Gasteiger partial charge in [-0.05, 0) is 35.0 Å². The standard InChI is InChI=1S/C10H8BrNOS2/c1-6-12-5-9(14-6)8(13)4-7-2-3-10(11)15-7/h2-3,5H,4H2,1H3. The zero-order chi connectivity index (χ0) is 10.8. The predicted molar refractivity (Wildman–Crippen MR) is 66.9 cm³/mol. The Balaban J connectivity index is 2.10. The average molecular weight is 302 g/mol. The fourth-order valence-electron chi connectivity index (χ4n) is 1.18. The molecule has 5 heteroatoms. The molecule has 2 heterocycles. The maximum absolute atomic E-state index is 11.8. The number of thiazole rings is 1. The number of hydrogen-bond acceptors (Lipinski definition) is 4. The highest BCUT2D eigenvalue weighted by atomic mass is 79.9. The predicted octanol–water partition coefficient (Wildman–Crippen LogP) is 3.70. The summed E-state index contributed by atoms with van der Waals surface area (Å²) in [6, 6.07) is 3.94. The summed E-state index contributed by atoms with van der Waals surface area (Å²) in [6.07, 6.45) is 2.13. The van der Waals surface area contributed by atoms with E-state index >= 15 is 0 Å². The Morgan fingerprint density at radius 3 is 2.80 bits per heavy atom. The van der Waals surface area contributed by atoms with Crippen molar-refractivity contribution in [1.82, 2.24) is 4.98 Å². The van der Waals surface area contributed by atoms with Crippen molar-refractivity contribution in [2.75, 3.05) is 0 Å². The van der Waals surface area contributed by atoms with Gasteiger partial charge in [0.05, 0.1) is 13.7 Å². The number of nitrogens with zero attached hydrogens (tertiary/aromatic N) is 1. The van der Waals surface area contributed by atoms with Crippen LogP contribution in [0.2, 0.25) is 0 Å². The van der Waals surface area contributed by atoms with E-state index in [0.717, 1.165) is 18.5 Å². The average Bonchev–Trinajstić information content (AvgIpc) is 2.75. The maximum atomic E-state index is 11.8. The van der Waals surface area contributed by atoms with E-state index in [1.54, 1.807) is 17.5 Å². The first-order chi connectivity index (χ1) is 7.15. The monoisotopic (exact) mass is 301 g/mol. The minimum absolute atomic E-state index is 0.148. The Kier molecular flexibility index (Phi) is 3.33. The second kappa shape index (κ2) is 4.55. The summed E-state index contributed by atoms with van der Waals surface area (Å²) in [5, 5.41) is 0.936. The van der Waals surface area contributed by atoms with E-state index in [-0.39, 0.29) is 5.78 Å². The van der Waals surface area contributed by atoms with E-state index < -0.39 is 0 Å². The van der Waals surface area contributed by atoms with E-state index in [0.29, 0.717) is 6.42 Å². The summed E-state index contributed by atoms with van der Waals surface area (Å²) in [7, 11) is 0. The molecule has 0 N–H and O–H groups in total. The number of aryl methyl sites for hydroxylation is 1. The molecule has 0 unspecified atom stereocenters. The van der Waals surface area contributed by atoms with Gasteiger partial charge < -0.3 is 0 Å². The first-order valence-electron chi connectivity index (χ1n) is 4.35. The molecule has 0 atom stereocenters. The fourth-order valence-corrected chi connectivity index (χ4v) is 3.38. The van der Waals surface area contributed by atoms with Crippen molar-refractivity contribution in [3.63, 3.8) is 0 Å². The lowest BCUT2D eigenvalue weighted by atomic mass is 10.2. The molecular weight excluding hydrogens is 294 g/mol. The van der Waals surface area contributed by atoms with Crippen LogP contribution in [-0.2, 0) is 6.42 Å². The van der Waals surface area contributed by atoms with Crippen LogP contribution >= 0.6 is 38.6 Å². The summed E-state index contributed by atoms with van der Waals surface area (Å²) in [5.41, 5.74) is 0. The van der Waals surface area contributed by atoms with Gasteiger partial charge in [0, 0.05) is 17.5 Å². The Morgan fingerprint density at radius 1 is 1.47 bits per heavy atom. The molecule has 0 aliphatic rings. The third-order valence-corrected chi connectivity index (χ3v) is 4.44. The number of Topliss-reactive ketones (excluding diaryl/α,β-unsaturated/α-hetero) is 1. The van der Waals surface area contributed by atoms with Crippen LogP contribution in [0.15, 0.2) is 22.1 Å². The first-order valence-corrected chi connectivity index (χ1v) is 6.77. The summed E-state index contributed by atoms with van der Waals surface area (Å²) in [4.78, 5) is 17.7. The minimum atomic E-state index is 0.148. The minimum Gasteiger partial charge on any atom is -0.293 e. The lowest BCUT2D eigenvalue weighted by Gasteiger charge is -1.93. The molecule has 0 bridgehead atoms. The van der Waals surface area contributed by atoms with Gasteiger partial charge in [0.1, 0.15) is 0 Å². The third kappa shape index (κ3) is 2.74. The third-order valence-electron chi connectivity index (χ3n) is 1.86. The van der Waals surface area contributed by atoms with Crippen LogP contribution in [0.25, 0.3) is 0 Å². The molecule has 0 spiro atoms. The highest BCUT2D eigenvalue weighted by molar-refractivity contribution is 9.11. The van der Waals surface area contributed by atoms with Crippen LogP contribution in [0.3, 0.4) is 0 Å². The van der Waals surface area contributed by atoms with Crippen LogP contribution in [-0.4, -0.2) is 10.8 Å². The van der Waals surface area contributed by atoms with Gasteiger partial charge in [-0.25, -0.2) is 4.98 Å². The number of halogens is 1. The van der Waals surface area contributed by atoms with E-state index in [2.05, 4.69) is 20.9 Å². The quantitative estimate of drug-likeness (QED) is 0.809. The summed E-state index contributed by atoms with van der Waals surface area (Å²) < 4.78 is 1.06. The Hall–Kier alpha value is -0.520. The van der Waals surface area contributed by atoms with Gasteiger partial charge in [0.15, 0.2) is 5.78 Å². The van der Waals surface area contributed by atoms with Crippen LogP contribution < -0.4 is 0 Å². The molecule has 0 saturated heterocycles. The number of rotatable bonds is 3. The van der Waals surface area contributed by atoms with Crippen molar-refractivity contribution in [2.24, 2.45) is 0 Å². The molecule has 0 aromatic carbocycles. The van der Waals surface area contributed by atoms with Crippen LogP contribution in [0.4, 0.5) is 0 Å². The maximum Gasteiger partial charge on any atom is 0.179 e. The van der Waals surface area contributed by atoms with Gasteiger partial charge >= 0.3 is 0 Å². The van der Waals surface area contributed by atoms with Crippen molar-refractivity contribution in [1.29, 1.82) is 0 Å². The molecule has 15 heavy (non-hydrogen) atoms. The molecule has 0 aliphatic heterocycles. The number of carbonyl (C=O) groups is 1. The molecular formula is C10H8BrNOS2. The topological polar surface area (TPSA) is 30.0 Å². The van der Waals surface area contributed by atoms with E-state index in [1.807, 2.05) is 19.1 Å². The highest BCUT2D eigenvalue weighted by Gasteiger charge is 2.11. The number of ketones is 1. The van der Waals surface area contributed by atoms with Gasteiger partial charge in [-0.2, -0.15) is 0 Å². The molecule has 0 saturated carbocycles. The summed E-state index contributed by atoms with van der Waals surface area (Å²) >= 11 is 6.43. The van der Waals surface area contributed by atoms with Crippen LogP contribution in [0.5, 0.6) is 0 Å². The van der Waals surface area contributed by atoms with E-state index in [4.69, 9.17) is 0 Å². The van der Waals surface area contributed by atoms with Crippen LogP contribution in [0.1, 0.15) is 19.6 Å². The van der Waals surface area contributed by atoms with Gasteiger partial charge in [-0.3, -0.25) is 4.79 Å². The molecule has 78 valence electrons. The summed E-state index contributed by atoms with van der Waals surface area (Å²) in [6.45, 7) is 1.91. The number of carbonyl (C=O) groups excluding carboxylic acids is 1. The lowest BCUT2D eigenvalue weighted by Crippen LogP contribution is -1.98. The summed E-state index contributed by atoms with van der Waals surface area (Å²) in [5.74, 6) is 0.148. The lowest BCUT2D eigenvalue weighted by molar-refractivity contribution is 0.0997. The Morgan fingerprint density at radius 2 is 2.27 bits per heavy atom. The fraction of sp³-hybridized carbons (Fsp3) is 0.200. The Bertz CT molecular complexity index is 489. The van der Waals surface area contributed by atoms with Gasteiger partial charge in [0.2, 0.25) is 0 Å². The molecule has 0 amide bonds. The first kappa shape index (κ1) is 11.0. The second-order valence-electron chi connectivity index (χ2n) is 3.05. The normalized spacial score (nSPS) is 10.5. The van der Waals surface area contributed by atoms with Crippen LogP contribution in [0, 0.1) is 6.92 Å². The largest absolute Gasteiger partial charge is 0.293 e. The van der Waals surface area contributed by atoms with Gasteiger partial charge in [-0.1, -0.05) is 0 Å². The van der Waals surface area contributed by atoms with E-state index in [1.165, 1.54) is 11.3 Å². The van der Waals surface area contributed by atoms with Crippen molar-refractivity contribution < 1.29 is 4.79 Å². The SMILES string of the molecule is Cc1ncc(C(=O)Cc2ccc(Br)s2)s1. The number of aromatic nitrogens is 1. The zero-order valence-electron chi connectivity index (χ0n) is 7.99. The van der Waals surface area contributed by atoms with Crippen molar-refractivity contribution in [2.45, 2.75) is 13.3 Å². The number of thiophene rings is 1.